The summed E-state index contributed by atoms with van der Waals surface area (Å²) in [4.78, 5) is 0. The Kier molecular flexibility index (Phi) is 3.79. The molecule has 2 unspecified atom stereocenters. The Morgan fingerprint density at radius 1 is 1.05 bits per heavy atom. The summed E-state index contributed by atoms with van der Waals surface area (Å²) in [6.45, 7) is 0.771. The highest BCUT2D eigenvalue weighted by molar-refractivity contribution is 6.33. The van der Waals surface area contributed by atoms with Gasteiger partial charge in [-0.2, -0.15) is 0 Å². The molecule has 0 amide bonds. The van der Waals surface area contributed by atoms with Gasteiger partial charge in [0, 0.05) is 28.5 Å². The van der Waals surface area contributed by atoms with Crippen LogP contribution in [0.5, 0.6) is 0 Å². The van der Waals surface area contributed by atoms with Gasteiger partial charge in [-0.25, -0.2) is 0 Å². The van der Waals surface area contributed by atoms with E-state index in [0.717, 1.165) is 22.2 Å². The van der Waals surface area contributed by atoms with Crippen LogP contribution in [0.4, 0.5) is 0 Å². The van der Waals surface area contributed by atoms with Gasteiger partial charge in [-0.3, -0.25) is 0 Å². The number of halogens is 2. The molecule has 19 heavy (non-hydrogen) atoms. The minimum absolute atomic E-state index is 0.553. The Balaban J connectivity index is 1.59. The number of hydrogen-bond acceptors (Lipinski definition) is 1. The zero-order valence-corrected chi connectivity index (χ0v) is 12.0. The molecule has 1 aliphatic rings. The van der Waals surface area contributed by atoms with E-state index < -0.39 is 0 Å². The van der Waals surface area contributed by atoms with E-state index in [4.69, 9.17) is 23.2 Å². The lowest BCUT2D eigenvalue weighted by Crippen LogP contribution is -2.17. The monoisotopic (exact) mass is 291 g/mol. The Labute approximate surface area is 123 Å². The molecule has 3 heteroatoms. The summed E-state index contributed by atoms with van der Waals surface area (Å²) in [6.07, 6.45) is 1.20. The second-order valence-electron chi connectivity index (χ2n) is 4.98. The van der Waals surface area contributed by atoms with Crippen LogP contribution in [-0.4, -0.2) is 6.04 Å². The van der Waals surface area contributed by atoms with Crippen LogP contribution in [0, 0.1) is 0 Å². The average Bonchev–Trinajstić information content (AvgIpc) is 3.20. The highest BCUT2D eigenvalue weighted by atomic mass is 35.5. The maximum absolute atomic E-state index is 6.15. The average molecular weight is 292 g/mol. The molecule has 0 spiro atoms. The van der Waals surface area contributed by atoms with Gasteiger partial charge in [-0.15, -0.1) is 0 Å². The Morgan fingerprint density at radius 2 is 1.84 bits per heavy atom. The Morgan fingerprint density at radius 3 is 2.63 bits per heavy atom. The molecule has 2 aromatic rings. The summed E-state index contributed by atoms with van der Waals surface area (Å²) in [6, 6.07) is 16.8. The third-order valence-corrected chi connectivity index (χ3v) is 4.18. The first-order valence-corrected chi connectivity index (χ1v) is 7.22. The fourth-order valence-corrected chi connectivity index (χ4v) is 2.79. The molecule has 2 atom stereocenters. The molecule has 1 N–H and O–H groups in total. The van der Waals surface area contributed by atoms with Crippen molar-refractivity contribution in [1.82, 2.24) is 5.32 Å². The fourth-order valence-electron chi connectivity index (χ4n) is 2.41. The van der Waals surface area contributed by atoms with Crippen molar-refractivity contribution in [1.29, 1.82) is 0 Å². The molecule has 0 radical (unpaired) electrons. The van der Waals surface area contributed by atoms with Crippen molar-refractivity contribution in [3.63, 3.8) is 0 Å². The van der Waals surface area contributed by atoms with Crippen molar-refractivity contribution < 1.29 is 0 Å². The van der Waals surface area contributed by atoms with Crippen LogP contribution >= 0.6 is 23.2 Å². The number of rotatable bonds is 4. The first kappa shape index (κ1) is 13.0. The van der Waals surface area contributed by atoms with E-state index in [-0.39, 0.29) is 0 Å². The van der Waals surface area contributed by atoms with Crippen LogP contribution in [0.2, 0.25) is 10.0 Å². The molecule has 1 nitrogen and oxygen atoms in total. The van der Waals surface area contributed by atoms with E-state index in [1.807, 2.05) is 18.2 Å². The standard InChI is InChI=1S/C16H15Cl2N/c17-13-6-7-15(18)12(8-13)10-19-16-9-14(16)11-4-2-1-3-5-11/h1-8,14,16,19H,9-10H2. The first-order valence-electron chi connectivity index (χ1n) is 6.46. The van der Waals surface area contributed by atoms with Crippen LogP contribution in [0.25, 0.3) is 0 Å². The summed E-state index contributed by atoms with van der Waals surface area (Å²) in [7, 11) is 0. The minimum Gasteiger partial charge on any atom is -0.309 e. The van der Waals surface area contributed by atoms with Crippen LogP contribution in [-0.2, 0) is 6.54 Å². The maximum atomic E-state index is 6.15. The third-order valence-electron chi connectivity index (χ3n) is 3.58. The van der Waals surface area contributed by atoms with Crippen LogP contribution in [0.15, 0.2) is 48.5 Å². The molecule has 0 saturated heterocycles. The van der Waals surface area contributed by atoms with Gasteiger partial charge in [-0.05, 0) is 35.7 Å². The molecule has 0 aromatic heterocycles. The van der Waals surface area contributed by atoms with E-state index in [1.165, 1.54) is 12.0 Å². The predicted octanol–water partition coefficient (Wildman–Crippen LogP) is 4.64. The van der Waals surface area contributed by atoms with Crippen molar-refractivity contribution in [3.05, 3.63) is 69.7 Å². The first-order chi connectivity index (χ1) is 9.24. The SMILES string of the molecule is Clc1ccc(Cl)c(CNC2CC2c2ccccc2)c1. The van der Waals surface area contributed by atoms with Gasteiger partial charge in [-0.1, -0.05) is 53.5 Å². The second-order valence-corrected chi connectivity index (χ2v) is 5.82. The Hall–Kier alpha value is -1.02. The minimum atomic E-state index is 0.553. The molecule has 1 aliphatic carbocycles. The highest BCUT2D eigenvalue weighted by Crippen LogP contribution is 2.40. The smallest absolute Gasteiger partial charge is 0.0451 e. The summed E-state index contributed by atoms with van der Waals surface area (Å²) >= 11 is 12.1. The number of benzene rings is 2. The van der Waals surface area contributed by atoms with Crippen molar-refractivity contribution in [2.75, 3.05) is 0 Å². The van der Waals surface area contributed by atoms with Gasteiger partial charge in [0.15, 0.2) is 0 Å². The predicted molar refractivity (Wildman–Crippen MR) is 80.9 cm³/mol. The van der Waals surface area contributed by atoms with E-state index in [1.54, 1.807) is 0 Å². The normalized spacial score (nSPS) is 21.4. The zero-order valence-electron chi connectivity index (χ0n) is 10.4. The van der Waals surface area contributed by atoms with Crippen molar-refractivity contribution in [2.45, 2.75) is 24.9 Å². The molecule has 2 aromatic carbocycles. The lowest BCUT2D eigenvalue weighted by atomic mass is 10.1. The van der Waals surface area contributed by atoms with Gasteiger partial charge in [0.25, 0.3) is 0 Å². The van der Waals surface area contributed by atoms with Crippen molar-refractivity contribution in [3.8, 4) is 0 Å². The topological polar surface area (TPSA) is 12.0 Å². The van der Waals surface area contributed by atoms with Crippen molar-refractivity contribution in [2.24, 2.45) is 0 Å². The molecular weight excluding hydrogens is 277 g/mol. The summed E-state index contributed by atoms with van der Waals surface area (Å²) < 4.78 is 0. The van der Waals surface area contributed by atoms with Crippen LogP contribution in [0.1, 0.15) is 23.5 Å². The summed E-state index contributed by atoms with van der Waals surface area (Å²) in [5.41, 5.74) is 2.48. The van der Waals surface area contributed by atoms with Crippen LogP contribution in [0.3, 0.4) is 0 Å². The lowest BCUT2D eigenvalue weighted by Gasteiger charge is -2.07. The van der Waals surface area contributed by atoms with E-state index in [9.17, 15) is 0 Å². The van der Waals surface area contributed by atoms with Gasteiger partial charge in [0.2, 0.25) is 0 Å². The largest absolute Gasteiger partial charge is 0.309 e. The van der Waals surface area contributed by atoms with E-state index in [0.29, 0.717) is 12.0 Å². The molecule has 0 bridgehead atoms. The van der Waals surface area contributed by atoms with Gasteiger partial charge in [0.05, 0.1) is 0 Å². The molecule has 1 saturated carbocycles. The zero-order chi connectivity index (χ0) is 13.2. The summed E-state index contributed by atoms with van der Waals surface area (Å²) in [5, 5.41) is 5.05. The number of nitrogens with one attached hydrogen (secondary N) is 1. The highest BCUT2D eigenvalue weighted by Gasteiger charge is 2.37. The fraction of sp³-hybridized carbons (Fsp3) is 0.250. The van der Waals surface area contributed by atoms with E-state index in [2.05, 4.69) is 35.6 Å². The summed E-state index contributed by atoms with van der Waals surface area (Å²) in [5.74, 6) is 0.638. The maximum Gasteiger partial charge on any atom is 0.0451 e. The molecular formula is C16H15Cl2N. The van der Waals surface area contributed by atoms with Crippen molar-refractivity contribution >= 4 is 23.2 Å². The third kappa shape index (κ3) is 3.11. The van der Waals surface area contributed by atoms with Gasteiger partial charge < -0.3 is 5.32 Å². The number of hydrogen-bond donors (Lipinski definition) is 1. The second kappa shape index (κ2) is 5.54. The van der Waals surface area contributed by atoms with Crippen LogP contribution < -0.4 is 5.32 Å². The molecule has 0 aliphatic heterocycles. The van der Waals surface area contributed by atoms with Gasteiger partial charge >= 0.3 is 0 Å². The van der Waals surface area contributed by atoms with E-state index >= 15 is 0 Å². The molecule has 1 fully saturated rings. The molecule has 0 heterocycles. The molecule has 3 rings (SSSR count). The van der Waals surface area contributed by atoms with Gasteiger partial charge in [0.1, 0.15) is 0 Å². The quantitative estimate of drug-likeness (QED) is 0.865. The lowest BCUT2D eigenvalue weighted by molar-refractivity contribution is 0.673. The Bertz CT molecular complexity index is 568. The molecule has 98 valence electrons.